The summed E-state index contributed by atoms with van der Waals surface area (Å²) in [6.07, 6.45) is 4.69. The summed E-state index contributed by atoms with van der Waals surface area (Å²) in [5.41, 5.74) is 9.49. The molecule has 2 aromatic rings. The molecule has 1 fully saturated rings. The highest BCUT2D eigenvalue weighted by atomic mass is 16.3. The van der Waals surface area contributed by atoms with Crippen molar-refractivity contribution in [3.63, 3.8) is 0 Å². The zero-order valence-electron chi connectivity index (χ0n) is 14.0. The first-order chi connectivity index (χ1) is 11.7. The third kappa shape index (κ3) is 4.26. The molecule has 0 spiro atoms. The standard InChI is InChI=1S/C22H25NO/c23-22(17-24)15-14-21(16-22)20-12-10-19(11-13-20)9-5-4-8-18-6-2-1-3-7-18/h1-3,6-7,10-13,21,24H,4,8,14-17,23H2/t21-,22-/m1/s1. The third-order valence-corrected chi connectivity index (χ3v) is 4.95. The van der Waals surface area contributed by atoms with E-state index in [9.17, 15) is 5.11 Å². The molecule has 0 saturated heterocycles. The molecule has 1 aliphatic rings. The molecule has 2 aromatic carbocycles. The van der Waals surface area contributed by atoms with Crippen molar-refractivity contribution in [1.29, 1.82) is 0 Å². The van der Waals surface area contributed by atoms with Gasteiger partial charge in [-0.05, 0) is 54.9 Å². The van der Waals surface area contributed by atoms with E-state index in [1.165, 1.54) is 11.1 Å². The van der Waals surface area contributed by atoms with Crippen LogP contribution in [0.25, 0.3) is 0 Å². The van der Waals surface area contributed by atoms with Gasteiger partial charge in [0.1, 0.15) is 0 Å². The van der Waals surface area contributed by atoms with Crippen LogP contribution in [0.3, 0.4) is 0 Å². The average molecular weight is 319 g/mol. The predicted molar refractivity (Wildman–Crippen MR) is 98.7 cm³/mol. The monoisotopic (exact) mass is 319 g/mol. The first kappa shape index (κ1) is 16.8. The second-order valence-corrected chi connectivity index (χ2v) is 6.87. The van der Waals surface area contributed by atoms with Gasteiger partial charge in [-0.1, -0.05) is 54.3 Å². The van der Waals surface area contributed by atoms with Crippen LogP contribution < -0.4 is 5.73 Å². The molecule has 3 rings (SSSR count). The number of aryl methyl sites for hydroxylation is 1. The summed E-state index contributed by atoms with van der Waals surface area (Å²) in [5.74, 6) is 6.96. The van der Waals surface area contributed by atoms with Crippen molar-refractivity contribution in [2.75, 3.05) is 6.61 Å². The highest BCUT2D eigenvalue weighted by Crippen LogP contribution is 2.39. The van der Waals surface area contributed by atoms with E-state index < -0.39 is 0 Å². The van der Waals surface area contributed by atoms with Crippen molar-refractivity contribution in [3.05, 3.63) is 71.3 Å². The van der Waals surface area contributed by atoms with Gasteiger partial charge in [0.15, 0.2) is 0 Å². The van der Waals surface area contributed by atoms with Gasteiger partial charge < -0.3 is 10.8 Å². The maximum atomic E-state index is 9.39. The normalized spacial score (nSPS) is 22.8. The Kier molecular flexibility index (Phi) is 5.35. The minimum Gasteiger partial charge on any atom is -0.394 e. The Morgan fingerprint density at radius 3 is 2.50 bits per heavy atom. The van der Waals surface area contributed by atoms with Crippen LogP contribution in [0.1, 0.15) is 48.3 Å². The van der Waals surface area contributed by atoms with Gasteiger partial charge in [-0.25, -0.2) is 0 Å². The molecule has 2 nitrogen and oxygen atoms in total. The zero-order chi connectivity index (χ0) is 16.8. The third-order valence-electron chi connectivity index (χ3n) is 4.95. The molecule has 24 heavy (non-hydrogen) atoms. The van der Waals surface area contributed by atoms with Crippen LogP contribution in [-0.4, -0.2) is 17.3 Å². The summed E-state index contributed by atoms with van der Waals surface area (Å²) in [4.78, 5) is 0. The quantitative estimate of drug-likeness (QED) is 0.845. The topological polar surface area (TPSA) is 46.2 Å². The molecule has 0 bridgehead atoms. The summed E-state index contributed by atoms with van der Waals surface area (Å²) in [6.45, 7) is 0.0779. The van der Waals surface area contributed by atoms with E-state index in [2.05, 4.69) is 60.4 Å². The van der Waals surface area contributed by atoms with Crippen molar-refractivity contribution in [3.8, 4) is 11.8 Å². The Hall–Kier alpha value is -2.08. The molecule has 0 aliphatic heterocycles. The Morgan fingerprint density at radius 1 is 1.08 bits per heavy atom. The van der Waals surface area contributed by atoms with Gasteiger partial charge in [0.2, 0.25) is 0 Å². The van der Waals surface area contributed by atoms with Gasteiger partial charge in [0.05, 0.1) is 6.61 Å². The zero-order valence-corrected chi connectivity index (χ0v) is 14.0. The Labute approximate surface area is 144 Å². The molecule has 0 heterocycles. The van der Waals surface area contributed by atoms with Gasteiger partial charge in [0.25, 0.3) is 0 Å². The van der Waals surface area contributed by atoms with E-state index in [1.54, 1.807) is 0 Å². The van der Waals surface area contributed by atoms with Gasteiger partial charge in [-0.15, -0.1) is 0 Å². The van der Waals surface area contributed by atoms with Crippen molar-refractivity contribution in [1.82, 2.24) is 0 Å². The molecule has 0 amide bonds. The summed E-state index contributed by atoms with van der Waals surface area (Å²) in [5, 5.41) is 9.39. The molecule has 3 N–H and O–H groups in total. The first-order valence-electron chi connectivity index (χ1n) is 8.71. The predicted octanol–water partition coefficient (Wildman–Crippen LogP) is 3.63. The van der Waals surface area contributed by atoms with Crippen LogP contribution in [-0.2, 0) is 6.42 Å². The summed E-state index contributed by atoms with van der Waals surface area (Å²) in [7, 11) is 0. The molecular weight excluding hydrogens is 294 g/mol. The molecule has 0 unspecified atom stereocenters. The number of hydrogen-bond acceptors (Lipinski definition) is 2. The summed E-state index contributed by atoms with van der Waals surface area (Å²) in [6, 6.07) is 19.0. The lowest BCUT2D eigenvalue weighted by Gasteiger charge is -2.20. The minimum atomic E-state index is -0.388. The van der Waals surface area contributed by atoms with Crippen molar-refractivity contribution < 1.29 is 5.11 Å². The van der Waals surface area contributed by atoms with E-state index in [-0.39, 0.29) is 12.1 Å². The Morgan fingerprint density at radius 2 is 1.83 bits per heavy atom. The van der Waals surface area contributed by atoms with Crippen molar-refractivity contribution >= 4 is 0 Å². The molecule has 2 heteroatoms. The molecule has 1 saturated carbocycles. The lowest BCUT2D eigenvalue weighted by Crippen LogP contribution is -2.40. The number of rotatable bonds is 4. The van der Waals surface area contributed by atoms with Crippen LogP contribution in [0.4, 0.5) is 0 Å². The van der Waals surface area contributed by atoms with Crippen LogP contribution in [0.5, 0.6) is 0 Å². The SMILES string of the molecule is N[C@]1(CO)CC[C@@H](c2ccc(C#CCCc3ccccc3)cc2)C1. The van der Waals surface area contributed by atoms with Crippen molar-refractivity contribution in [2.24, 2.45) is 5.73 Å². The van der Waals surface area contributed by atoms with Crippen LogP contribution in [0.2, 0.25) is 0 Å². The number of aliphatic hydroxyl groups is 1. The highest BCUT2D eigenvalue weighted by Gasteiger charge is 2.35. The summed E-state index contributed by atoms with van der Waals surface area (Å²) < 4.78 is 0. The molecule has 124 valence electrons. The van der Waals surface area contributed by atoms with Crippen molar-refractivity contribution in [2.45, 2.75) is 43.6 Å². The Bertz CT molecular complexity index is 711. The van der Waals surface area contributed by atoms with E-state index in [4.69, 9.17) is 5.73 Å². The summed E-state index contributed by atoms with van der Waals surface area (Å²) >= 11 is 0. The van der Waals surface area contributed by atoms with Crippen LogP contribution in [0, 0.1) is 11.8 Å². The van der Waals surface area contributed by atoms with Gasteiger partial charge in [-0.3, -0.25) is 0 Å². The van der Waals surface area contributed by atoms with E-state index >= 15 is 0 Å². The highest BCUT2D eigenvalue weighted by molar-refractivity contribution is 5.37. The largest absolute Gasteiger partial charge is 0.394 e. The number of nitrogens with two attached hydrogens (primary N) is 1. The molecule has 0 radical (unpaired) electrons. The fraction of sp³-hybridized carbons (Fsp3) is 0.364. The molecule has 2 atom stereocenters. The number of benzene rings is 2. The van der Waals surface area contributed by atoms with E-state index in [0.29, 0.717) is 5.92 Å². The fourth-order valence-corrected chi connectivity index (χ4v) is 3.44. The van der Waals surface area contributed by atoms with Crippen LogP contribution in [0.15, 0.2) is 54.6 Å². The molecule has 1 aliphatic carbocycles. The second-order valence-electron chi connectivity index (χ2n) is 6.87. The van der Waals surface area contributed by atoms with Gasteiger partial charge in [0, 0.05) is 17.5 Å². The van der Waals surface area contributed by atoms with Gasteiger partial charge in [-0.2, -0.15) is 0 Å². The second kappa shape index (κ2) is 7.66. The minimum absolute atomic E-state index is 0.0779. The Balaban J connectivity index is 1.55. The molecule has 0 aromatic heterocycles. The number of hydrogen-bond donors (Lipinski definition) is 2. The number of aliphatic hydroxyl groups excluding tert-OH is 1. The van der Waals surface area contributed by atoms with Gasteiger partial charge >= 0.3 is 0 Å². The smallest absolute Gasteiger partial charge is 0.0611 e. The van der Waals surface area contributed by atoms with E-state index in [1.807, 2.05) is 6.07 Å². The lowest BCUT2D eigenvalue weighted by molar-refractivity contribution is 0.198. The van der Waals surface area contributed by atoms with E-state index in [0.717, 1.165) is 37.7 Å². The average Bonchev–Trinajstić information content (AvgIpc) is 3.03. The maximum Gasteiger partial charge on any atom is 0.0611 e. The first-order valence-corrected chi connectivity index (χ1v) is 8.71. The molecular formula is C22H25NO. The lowest BCUT2D eigenvalue weighted by atomic mass is 9.93. The van der Waals surface area contributed by atoms with Crippen LogP contribution >= 0.6 is 0 Å². The fourth-order valence-electron chi connectivity index (χ4n) is 3.44. The maximum absolute atomic E-state index is 9.39.